The molecule has 1 aliphatic rings. The number of carbonyl (C=O) groups is 1. The number of amides is 1. The third-order valence-electron chi connectivity index (χ3n) is 5.64. The standard InChI is InChI=1S/C23H22F2N6O2/c24-15-4-3-5-16(25)20(15)23(32)29-19-13-26-30-21(19)22-27-17-7-6-14(12-18(17)28-22)33-11-10-31-8-1-2-9-31/h3-7,12-13H,1-2,8-11H2,(H,26,30)(H,27,28)(H,29,32). The zero-order chi connectivity index (χ0) is 22.8. The molecule has 1 fully saturated rings. The number of ether oxygens (including phenoxy) is 1. The van der Waals surface area contributed by atoms with Gasteiger partial charge in [0.25, 0.3) is 5.91 Å². The van der Waals surface area contributed by atoms with Crippen molar-refractivity contribution in [2.24, 2.45) is 0 Å². The highest BCUT2D eigenvalue weighted by molar-refractivity contribution is 6.06. The minimum absolute atomic E-state index is 0.240. The summed E-state index contributed by atoms with van der Waals surface area (Å²) in [6.45, 7) is 3.75. The summed E-state index contributed by atoms with van der Waals surface area (Å²) in [5.74, 6) is -1.67. The number of aromatic amines is 2. The van der Waals surface area contributed by atoms with E-state index in [1.54, 1.807) is 0 Å². The van der Waals surface area contributed by atoms with Crippen molar-refractivity contribution < 1.29 is 18.3 Å². The van der Waals surface area contributed by atoms with E-state index in [-0.39, 0.29) is 5.69 Å². The maximum Gasteiger partial charge on any atom is 0.261 e. The van der Waals surface area contributed by atoms with Crippen LogP contribution in [0.4, 0.5) is 14.5 Å². The number of halogens is 2. The highest BCUT2D eigenvalue weighted by Gasteiger charge is 2.20. The van der Waals surface area contributed by atoms with Gasteiger partial charge < -0.3 is 15.0 Å². The SMILES string of the molecule is O=C(Nc1cn[nH]c1-c1nc2ccc(OCCN3CCCC3)cc2[nH]1)c1c(F)cccc1F. The second-order valence-electron chi connectivity index (χ2n) is 7.87. The molecule has 3 N–H and O–H groups in total. The van der Waals surface area contributed by atoms with E-state index < -0.39 is 23.1 Å². The molecule has 170 valence electrons. The summed E-state index contributed by atoms with van der Waals surface area (Å²) in [5.41, 5.74) is 1.40. The van der Waals surface area contributed by atoms with Crippen molar-refractivity contribution in [2.45, 2.75) is 12.8 Å². The van der Waals surface area contributed by atoms with E-state index in [1.165, 1.54) is 25.1 Å². The highest BCUT2D eigenvalue weighted by atomic mass is 19.1. The molecule has 0 saturated carbocycles. The van der Waals surface area contributed by atoms with Crippen molar-refractivity contribution in [2.75, 3.05) is 31.6 Å². The fourth-order valence-electron chi connectivity index (χ4n) is 3.96. The monoisotopic (exact) mass is 452 g/mol. The fraction of sp³-hybridized carbons (Fsp3) is 0.261. The molecule has 8 nitrogen and oxygen atoms in total. The molecular weight excluding hydrogens is 430 g/mol. The Hall–Kier alpha value is -3.79. The second-order valence-corrected chi connectivity index (χ2v) is 7.87. The summed E-state index contributed by atoms with van der Waals surface area (Å²) < 4.78 is 33.8. The van der Waals surface area contributed by atoms with Crippen LogP contribution in [0.3, 0.4) is 0 Å². The average molecular weight is 452 g/mol. The Bertz CT molecular complexity index is 1280. The van der Waals surface area contributed by atoms with Gasteiger partial charge in [-0.3, -0.25) is 14.8 Å². The van der Waals surface area contributed by atoms with E-state index in [9.17, 15) is 13.6 Å². The number of fused-ring (bicyclic) bond motifs is 1. The van der Waals surface area contributed by atoms with Gasteiger partial charge in [-0.1, -0.05) is 6.07 Å². The minimum atomic E-state index is -0.946. The van der Waals surface area contributed by atoms with Gasteiger partial charge in [0.1, 0.15) is 35.2 Å². The number of benzene rings is 2. The van der Waals surface area contributed by atoms with Crippen molar-refractivity contribution in [3.63, 3.8) is 0 Å². The Morgan fingerprint density at radius 3 is 2.73 bits per heavy atom. The molecule has 0 spiro atoms. The molecule has 0 atom stereocenters. The predicted molar refractivity (Wildman–Crippen MR) is 119 cm³/mol. The first-order valence-corrected chi connectivity index (χ1v) is 10.7. The van der Waals surface area contributed by atoms with Crippen molar-refractivity contribution in [3.05, 3.63) is 59.8 Å². The summed E-state index contributed by atoms with van der Waals surface area (Å²) in [5, 5.41) is 9.20. The molecule has 1 aliphatic heterocycles. The molecule has 10 heteroatoms. The second kappa shape index (κ2) is 8.99. The molecular formula is C23H22F2N6O2. The lowest BCUT2D eigenvalue weighted by atomic mass is 10.2. The smallest absolute Gasteiger partial charge is 0.261 e. The summed E-state index contributed by atoms with van der Waals surface area (Å²) in [7, 11) is 0. The van der Waals surface area contributed by atoms with E-state index in [4.69, 9.17) is 4.74 Å². The number of nitrogens with one attached hydrogen (secondary N) is 3. The van der Waals surface area contributed by atoms with E-state index >= 15 is 0 Å². The van der Waals surface area contributed by atoms with Gasteiger partial charge in [-0.25, -0.2) is 13.8 Å². The average Bonchev–Trinajstić information content (AvgIpc) is 3.54. The summed E-state index contributed by atoms with van der Waals surface area (Å²) >= 11 is 0. The molecule has 0 aliphatic carbocycles. The van der Waals surface area contributed by atoms with Crippen LogP contribution in [0.25, 0.3) is 22.6 Å². The summed E-state index contributed by atoms with van der Waals surface area (Å²) in [6.07, 6.45) is 3.84. The van der Waals surface area contributed by atoms with Crippen LogP contribution in [0.2, 0.25) is 0 Å². The van der Waals surface area contributed by atoms with Gasteiger partial charge in [-0.05, 0) is 50.2 Å². The number of H-pyrrole nitrogens is 2. The highest BCUT2D eigenvalue weighted by Crippen LogP contribution is 2.28. The van der Waals surface area contributed by atoms with E-state index in [2.05, 4.69) is 30.4 Å². The lowest BCUT2D eigenvalue weighted by Crippen LogP contribution is -2.25. The van der Waals surface area contributed by atoms with Gasteiger partial charge in [0, 0.05) is 12.6 Å². The first kappa shape index (κ1) is 21.1. The summed E-state index contributed by atoms with van der Waals surface area (Å²) in [6, 6.07) is 8.80. The number of hydrogen-bond donors (Lipinski definition) is 3. The topological polar surface area (TPSA) is 98.9 Å². The van der Waals surface area contributed by atoms with Crippen LogP contribution >= 0.6 is 0 Å². The zero-order valence-corrected chi connectivity index (χ0v) is 17.7. The number of likely N-dealkylation sites (tertiary alicyclic amines) is 1. The molecule has 2 aromatic carbocycles. The molecule has 33 heavy (non-hydrogen) atoms. The Morgan fingerprint density at radius 1 is 1.15 bits per heavy atom. The van der Waals surface area contributed by atoms with Crippen LogP contribution in [0.5, 0.6) is 5.75 Å². The molecule has 1 amide bonds. The predicted octanol–water partition coefficient (Wildman–Crippen LogP) is 3.96. The molecule has 2 aromatic heterocycles. The third kappa shape index (κ3) is 4.42. The number of carbonyl (C=O) groups excluding carboxylic acids is 1. The maximum atomic E-state index is 13.9. The zero-order valence-electron chi connectivity index (χ0n) is 17.7. The molecule has 0 bridgehead atoms. The third-order valence-corrected chi connectivity index (χ3v) is 5.64. The lowest BCUT2D eigenvalue weighted by molar-refractivity contribution is 0.101. The van der Waals surface area contributed by atoms with E-state index in [0.717, 1.165) is 43.0 Å². The van der Waals surface area contributed by atoms with Gasteiger partial charge in [0.2, 0.25) is 0 Å². The normalized spacial score (nSPS) is 14.1. The van der Waals surface area contributed by atoms with E-state index in [0.29, 0.717) is 23.6 Å². The van der Waals surface area contributed by atoms with Crippen LogP contribution < -0.4 is 10.1 Å². The Kier molecular flexibility index (Phi) is 5.74. The molecule has 0 unspecified atom stereocenters. The van der Waals surface area contributed by atoms with Crippen molar-refractivity contribution >= 4 is 22.6 Å². The Morgan fingerprint density at radius 2 is 1.94 bits per heavy atom. The number of rotatable bonds is 7. The molecule has 4 aromatic rings. The van der Waals surface area contributed by atoms with Crippen LogP contribution in [0.15, 0.2) is 42.6 Å². The number of nitrogens with zero attached hydrogens (tertiary/aromatic N) is 3. The largest absolute Gasteiger partial charge is 0.492 e. The number of hydrogen-bond acceptors (Lipinski definition) is 5. The van der Waals surface area contributed by atoms with Crippen molar-refractivity contribution in [1.29, 1.82) is 0 Å². The summed E-state index contributed by atoms with van der Waals surface area (Å²) in [4.78, 5) is 22.5. The lowest BCUT2D eigenvalue weighted by Gasteiger charge is -2.14. The number of anilines is 1. The first-order chi connectivity index (χ1) is 16.1. The van der Waals surface area contributed by atoms with Crippen LogP contribution in [0.1, 0.15) is 23.2 Å². The Labute approximate surface area is 188 Å². The molecule has 5 rings (SSSR count). The minimum Gasteiger partial charge on any atom is -0.492 e. The first-order valence-electron chi connectivity index (χ1n) is 10.7. The van der Waals surface area contributed by atoms with E-state index in [1.807, 2.05) is 18.2 Å². The van der Waals surface area contributed by atoms with Crippen LogP contribution in [0, 0.1) is 11.6 Å². The van der Waals surface area contributed by atoms with Gasteiger partial charge in [-0.15, -0.1) is 0 Å². The number of imidazole rings is 1. The van der Waals surface area contributed by atoms with Crippen LogP contribution in [-0.2, 0) is 0 Å². The van der Waals surface area contributed by atoms with Gasteiger partial charge in [0.05, 0.1) is 22.9 Å². The van der Waals surface area contributed by atoms with Crippen LogP contribution in [-0.4, -0.2) is 57.2 Å². The number of aromatic nitrogens is 4. The Balaban J connectivity index is 1.32. The molecule has 0 radical (unpaired) electrons. The van der Waals surface area contributed by atoms with Crippen molar-refractivity contribution in [3.8, 4) is 17.3 Å². The van der Waals surface area contributed by atoms with Gasteiger partial charge in [-0.2, -0.15) is 5.10 Å². The maximum absolute atomic E-state index is 13.9. The quantitative estimate of drug-likeness (QED) is 0.394. The molecule has 1 saturated heterocycles. The molecule has 3 heterocycles. The van der Waals surface area contributed by atoms with Crippen molar-refractivity contribution in [1.82, 2.24) is 25.1 Å². The van der Waals surface area contributed by atoms with Gasteiger partial charge >= 0.3 is 0 Å². The van der Waals surface area contributed by atoms with Gasteiger partial charge in [0.15, 0.2) is 5.82 Å². The fourth-order valence-corrected chi connectivity index (χ4v) is 3.96.